The molecule has 62 valence electrons. The van der Waals surface area contributed by atoms with Crippen LogP contribution >= 0.6 is 0 Å². The Labute approximate surface area is 66.6 Å². The van der Waals surface area contributed by atoms with Gasteiger partial charge < -0.3 is 5.11 Å². The minimum atomic E-state index is -0.565. The van der Waals surface area contributed by atoms with Gasteiger partial charge in [0.15, 0.2) is 0 Å². The Kier molecular flexibility index (Phi) is 1.44. The van der Waals surface area contributed by atoms with Crippen molar-refractivity contribution in [1.29, 1.82) is 0 Å². The maximum absolute atomic E-state index is 10.8. The van der Waals surface area contributed by atoms with Gasteiger partial charge in [0.05, 0.1) is 5.92 Å². The van der Waals surface area contributed by atoms with Crippen molar-refractivity contribution < 1.29 is 9.90 Å². The van der Waals surface area contributed by atoms with Gasteiger partial charge in [-0.3, -0.25) is 4.79 Å². The van der Waals surface area contributed by atoms with Crippen molar-refractivity contribution in [2.45, 2.75) is 26.2 Å². The Bertz CT molecular complexity index is 186. The molecule has 0 aromatic carbocycles. The molecule has 2 fully saturated rings. The average molecular weight is 154 g/mol. The second-order valence-electron chi connectivity index (χ2n) is 4.06. The minimum absolute atomic E-state index is 0.0197. The second-order valence-corrected chi connectivity index (χ2v) is 4.06. The second kappa shape index (κ2) is 2.23. The highest BCUT2D eigenvalue weighted by Gasteiger charge is 2.48. The van der Waals surface area contributed by atoms with E-state index in [-0.39, 0.29) is 5.92 Å². The number of carbonyl (C=O) groups is 1. The molecule has 0 radical (unpaired) electrons. The molecule has 2 heteroatoms. The summed E-state index contributed by atoms with van der Waals surface area (Å²) in [5, 5.41) is 8.91. The lowest BCUT2D eigenvalue weighted by atomic mass is 9.81. The summed E-state index contributed by atoms with van der Waals surface area (Å²) >= 11 is 0. The molecule has 4 atom stereocenters. The molecule has 2 saturated carbocycles. The van der Waals surface area contributed by atoms with Crippen LogP contribution in [0.5, 0.6) is 0 Å². The third kappa shape index (κ3) is 0.883. The van der Waals surface area contributed by atoms with E-state index in [0.29, 0.717) is 11.8 Å². The molecule has 0 heterocycles. The van der Waals surface area contributed by atoms with Gasteiger partial charge >= 0.3 is 5.97 Å². The maximum Gasteiger partial charge on any atom is 0.307 e. The van der Waals surface area contributed by atoms with Crippen molar-refractivity contribution in [3.8, 4) is 0 Å². The van der Waals surface area contributed by atoms with Crippen LogP contribution in [0.4, 0.5) is 0 Å². The number of carboxylic acids is 1. The van der Waals surface area contributed by atoms with Gasteiger partial charge in [-0.1, -0.05) is 6.92 Å². The molecule has 0 aromatic rings. The van der Waals surface area contributed by atoms with Crippen molar-refractivity contribution >= 4 is 5.97 Å². The molecule has 2 rings (SSSR count). The van der Waals surface area contributed by atoms with Gasteiger partial charge in [-0.05, 0) is 37.0 Å². The zero-order valence-corrected chi connectivity index (χ0v) is 6.79. The van der Waals surface area contributed by atoms with E-state index in [1.807, 2.05) is 0 Å². The first kappa shape index (κ1) is 7.14. The fourth-order valence-electron chi connectivity index (χ4n) is 3.01. The topological polar surface area (TPSA) is 37.3 Å². The smallest absolute Gasteiger partial charge is 0.307 e. The highest BCUT2D eigenvalue weighted by Crippen LogP contribution is 2.51. The molecule has 0 amide bonds. The summed E-state index contributed by atoms with van der Waals surface area (Å²) in [7, 11) is 0. The van der Waals surface area contributed by atoms with Crippen LogP contribution in [0.15, 0.2) is 0 Å². The van der Waals surface area contributed by atoms with E-state index in [4.69, 9.17) is 5.11 Å². The van der Waals surface area contributed by atoms with Gasteiger partial charge in [-0.25, -0.2) is 0 Å². The zero-order chi connectivity index (χ0) is 8.01. The Morgan fingerprint density at radius 2 is 2.00 bits per heavy atom. The summed E-state index contributed by atoms with van der Waals surface area (Å²) in [6, 6.07) is 0. The minimum Gasteiger partial charge on any atom is -0.481 e. The van der Waals surface area contributed by atoms with E-state index in [2.05, 4.69) is 6.92 Å². The number of hydrogen-bond acceptors (Lipinski definition) is 1. The van der Waals surface area contributed by atoms with Gasteiger partial charge in [0.1, 0.15) is 0 Å². The number of fused-ring (bicyclic) bond motifs is 2. The van der Waals surface area contributed by atoms with Gasteiger partial charge in [0.25, 0.3) is 0 Å². The molecule has 1 N–H and O–H groups in total. The number of hydrogen-bond donors (Lipinski definition) is 1. The van der Waals surface area contributed by atoms with Crippen molar-refractivity contribution in [1.82, 2.24) is 0 Å². The predicted octanol–water partition coefficient (Wildman–Crippen LogP) is 1.75. The quantitative estimate of drug-likeness (QED) is 0.624. The van der Waals surface area contributed by atoms with Crippen LogP contribution in [-0.4, -0.2) is 11.1 Å². The van der Waals surface area contributed by atoms with Gasteiger partial charge in [-0.15, -0.1) is 0 Å². The number of aliphatic carboxylic acids is 1. The van der Waals surface area contributed by atoms with Crippen LogP contribution in [0.1, 0.15) is 26.2 Å². The Hall–Kier alpha value is -0.530. The summed E-state index contributed by atoms with van der Waals surface area (Å²) in [4.78, 5) is 10.8. The fourth-order valence-corrected chi connectivity index (χ4v) is 3.01. The average Bonchev–Trinajstić information content (AvgIpc) is 2.44. The van der Waals surface area contributed by atoms with E-state index in [9.17, 15) is 4.79 Å². The van der Waals surface area contributed by atoms with Crippen LogP contribution in [-0.2, 0) is 4.79 Å². The Morgan fingerprint density at radius 3 is 2.36 bits per heavy atom. The summed E-state index contributed by atoms with van der Waals surface area (Å²) in [5.41, 5.74) is 0. The van der Waals surface area contributed by atoms with Crippen molar-refractivity contribution in [2.24, 2.45) is 23.7 Å². The van der Waals surface area contributed by atoms with Crippen LogP contribution in [0.25, 0.3) is 0 Å². The van der Waals surface area contributed by atoms with Crippen LogP contribution in [0.3, 0.4) is 0 Å². The first-order valence-electron chi connectivity index (χ1n) is 4.43. The van der Waals surface area contributed by atoms with Gasteiger partial charge in [0.2, 0.25) is 0 Å². The summed E-state index contributed by atoms with van der Waals surface area (Å²) < 4.78 is 0. The molecule has 11 heavy (non-hydrogen) atoms. The molecule has 0 saturated heterocycles. The lowest BCUT2D eigenvalue weighted by Gasteiger charge is -2.24. The third-order valence-corrected chi connectivity index (χ3v) is 3.62. The fraction of sp³-hybridized carbons (Fsp3) is 0.889. The van der Waals surface area contributed by atoms with E-state index >= 15 is 0 Å². The number of carboxylic acid groups (broad SMARTS) is 1. The molecular formula is C9H14O2. The Balaban J connectivity index is 2.17. The highest BCUT2D eigenvalue weighted by atomic mass is 16.4. The van der Waals surface area contributed by atoms with Crippen molar-refractivity contribution in [3.05, 3.63) is 0 Å². The van der Waals surface area contributed by atoms with E-state index < -0.39 is 5.97 Å². The molecular weight excluding hydrogens is 140 g/mol. The monoisotopic (exact) mass is 154 g/mol. The lowest BCUT2D eigenvalue weighted by molar-refractivity contribution is -0.145. The lowest BCUT2D eigenvalue weighted by Crippen LogP contribution is -2.27. The van der Waals surface area contributed by atoms with Crippen LogP contribution < -0.4 is 0 Å². The predicted molar refractivity (Wildman–Crippen MR) is 41.1 cm³/mol. The van der Waals surface area contributed by atoms with Gasteiger partial charge in [0, 0.05) is 0 Å². The first-order valence-corrected chi connectivity index (χ1v) is 4.43. The molecule has 2 nitrogen and oxygen atoms in total. The van der Waals surface area contributed by atoms with Crippen molar-refractivity contribution in [3.63, 3.8) is 0 Å². The molecule has 2 aliphatic carbocycles. The Morgan fingerprint density at radius 1 is 1.36 bits per heavy atom. The first-order chi connectivity index (χ1) is 5.20. The van der Waals surface area contributed by atoms with E-state index in [0.717, 1.165) is 12.3 Å². The summed E-state index contributed by atoms with van der Waals surface area (Å²) in [6.45, 7) is 2.10. The molecule has 2 aliphatic rings. The normalized spacial score (nSPS) is 48.1. The molecule has 0 aromatic heterocycles. The molecule has 0 unspecified atom stereocenters. The van der Waals surface area contributed by atoms with Crippen molar-refractivity contribution in [2.75, 3.05) is 0 Å². The third-order valence-electron chi connectivity index (χ3n) is 3.62. The summed E-state index contributed by atoms with van der Waals surface area (Å²) in [5.74, 6) is 1.08. The van der Waals surface area contributed by atoms with Crippen LogP contribution in [0, 0.1) is 23.7 Å². The molecule has 0 spiro atoms. The maximum atomic E-state index is 10.8. The molecule has 0 aliphatic heterocycles. The van der Waals surface area contributed by atoms with Crippen LogP contribution in [0.2, 0.25) is 0 Å². The summed E-state index contributed by atoms with van der Waals surface area (Å²) in [6.07, 6.45) is 3.61. The standard InChI is InChI=1S/C9H14O2/c1-5-6-2-3-7(4-6)8(5)9(10)11/h5-8H,2-4H2,1H3,(H,10,11)/t5-,6+,7+,8-/m0/s1. The zero-order valence-electron chi connectivity index (χ0n) is 6.79. The molecule has 2 bridgehead atoms. The largest absolute Gasteiger partial charge is 0.481 e. The SMILES string of the molecule is C[C@H]1[C@@H]2CC[C@H](C2)[C@H]1C(=O)O. The van der Waals surface area contributed by atoms with E-state index in [1.54, 1.807) is 0 Å². The van der Waals surface area contributed by atoms with Gasteiger partial charge in [-0.2, -0.15) is 0 Å². The van der Waals surface area contributed by atoms with E-state index in [1.165, 1.54) is 12.8 Å². The highest BCUT2D eigenvalue weighted by molar-refractivity contribution is 5.71. The number of rotatable bonds is 1.